The van der Waals surface area contributed by atoms with Crippen LogP contribution >= 0.6 is 0 Å². The molecular weight excluding hydrogens is 174 g/mol. The van der Waals surface area contributed by atoms with Crippen LogP contribution in [-0.4, -0.2) is 22.1 Å². The Balaban J connectivity index is 2.05. The first-order chi connectivity index (χ1) is 6.70. The van der Waals surface area contributed by atoms with Gasteiger partial charge in [0.05, 0.1) is 6.33 Å². The van der Waals surface area contributed by atoms with Gasteiger partial charge >= 0.3 is 0 Å². The SMILES string of the molecule is CC(C)[C@@H](C)NCCCn1ccnc1. The predicted molar refractivity (Wildman–Crippen MR) is 59.1 cm³/mol. The average Bonchev–Trinajstić information content (AvgIpc) is 2.64. The number of nitrogens with one attached hydrogen (secondary N) is 1. The minimum absolute atomic E-state index is 0.609. The van der Waals surface area contributed by atoms with Gasteiger partial charge in [0, 0.05) is 25.0 Å². The molecule has 1 N–H and O–H groups in total. The minimum atomic E-state index is 0.609. The van der Waals surface area contributed by atoms with Crippen molar-refractivity contribution in [1.82, 2.24) is 14.9 Å². The Bertz CT molecular complexity index is 229. The Hall–Kier alpha value is -0.830. The van der Waals surface area contributed by atoms with Crippen LogP contribution in [0.3, 0.4) is 0 Å². The predicted octanol–water partition coefficient (Wildman–Crippen LogP) is 1.91. The van der Waals surface area contributed by atoms with Crippen molar-refractivity contribution in [2.75, 3.05) is 6.54 Å². The highest BCUT2D eigenvalue weighted by atomic mass is 15.0. The Morgan fingerprint density at radius 2 is 2.14 bits per heavy atom. The summed E-state index contributed by atoms with van der Waals surface area (Å²) in [4.78, 5) is 4.01. The van der Waals surface area contributed by atoms with Gasteiger partial charge in [-0.3, -0.25) is 0 Å². The topological polar surface area (TPSA) is 29.9 Å². The molecule has 0 saturated heterocycles. The highest BCUT2D eigenvalue weighted by molar-refractivity contribution is 4.74. The number of rotatable bonds is 6. The zero-order valence-electron chi connectivity index (χ0n) is 9.40. The lowest BCUT2D eigenvalue weighted by Crippen LogP contribution is -2.31. The van der Waals surface area contributed by atoms with Gasteiger partial charge in [-0.15, -0.1) is 0 Å². The highest BCUT2D eigenvalue weighted by Crippen LogP contribution is 1.99. The summed E-state index contributed by atoms with van der Waals surface area (Å²) in [6, 6.07) is 0.609. The number of hydrogen-bond donors (Lipinski definition) is 1. The molecule has 1 aromatic rings. The van der Waals surface area contributed by atoms with E-state index in [4.69, 9.17) is 0 Å². The van der Waals surface area contributed by atoms with E-state index in [-0.39, 0.29) is 0 Å². The van der Waals surface area contributed by atoms with Gasteiger partial charge in [-0.1, -0.05) is 13.8 Å². The van der Waals surface area contributed by atoms with Crippen LogP contribution in [0.2, 0.25) is 0 Å². The number of nitrogens with zero attached hydrogens (tertiary/aromatic N) is 2. The molecule has 0 unspecified atom stereocenters. The lowest BCUT2D eigenvalue weighted by Gasteiger charge is -2.17. The van der Waals surface area contributed by atoms with Crippen molar-refractivity contribution < 1.29 is 0 Å². The summed E-state index contributed by atoms with van der Waals surface area (Å²) in [6.07, 6.45) is 6.86. The monoisotopic (exact) mass is 195 g/mol. The van der Waals surface area contributed by atoms with Crippen molar-refractivity contribution in [2.45, 2.75) is 39.8 Å². The molecule has 1 rings (SSSR count). The van der Waals surface area contributed by atoms with Gasteiger partial charge in [0.2, 0.25) is 0 Å². The minimum Gasteiger partial charge on any atom is -0.337 e. The number of imidazole rings is 1. The fraction of sp³-hybridized carbons (Fsp3) is 0.727. The molecule has 0 aromatic carbocycles. The van der Waals surface area contributed by atoms with Gasteiger partial charge in [-0.25, -0.2) is 4.98 Å². The maximum atomic E-state index is 4.01. The first-order valence-corrected chi connectivity index (χ1v) is 5.39. The summed E-state index contributed by atoms with van der Waals surface area (Å²) in [5.41, 5.74) is 0. The van der Waals surface area contributed by atoms with Gasteiger partial charge in [0.15, 0.2) is 0 Å². The summed E-state index contributed by atoms with van der Waals surface area (Å²) in [5.74, 6) is 0.711. The second-order valence-corrected chi connectivity index (χ2v) is 4.14. The van der Waals surface area contributed by atoms with Crippen LogP contribution < -0.4 is 5.32 Å². The first kappa shape index (κ1) is 11.2. The van der Waals surface area contributed by atoms with Gasteiger partial charge in [-0.05, 0) is 25.8 Å². The van der Waals surface area contributed by atoms with Gasteiger partial charge in [0.25, 0.3) is 0 Å². The molecule has 3 nitrogen and oxygen atoms in total. The summed E-state index contributed by atoms with van der Waals surface area (Å²) in [7, 11) is 0. The molecule has 0 aliphatic heterocycles. The van der Waals surface area contributed by atoms with Crippen LogP contribution in [0.1, 0.15) is 27.2 Å². The maximum absolute atomic E-state index is 4.01. The van der Waals surface area contributed by atoms with Crippen molar-refractivity contribution in [2.24, 2.45) is 5.92 Å². The molecule has 1 atom stereocenters. The molecule has 0 spiro atoms. The van der Waals surface area contributed by atoms with Crippen molar-refractivity contribution in [3.05, 3.63) is 18.7 Å². The third-order valence-corrected chi connectivity index (χ3v) is 2.62. The van der Waals surface area contributed by atoms with Crippen molar-refractivity contribution in [3.63, 3.8) is 0 Å². The van der Waals surface area contributed by atoms with E-state index in [1.807, 2.05) is 18.7 Å². The molecule has 0 radical (unpaired) electrons. The molecule has 0 bridgehead atoms. The Labute approximate surface area is 86.5 Å². The first-order valence-electron chi connectivity index (χ1n) is 5.39. The zero-order valence-corrected chi connectivity index (χ0v) is 9.40. The van der Waals surface area contributed by atoms with E-state index < -0.39 is 0 Å². The molecular formula is C11H21N3. The standard InChI is InChI=1S/C11H21N3/c1-10(2)11(3)13-5-4-7-14-8-6-12-9-14/h6,8-11,13H,4-5,7H2,1-3H3/t11-/m1/s1. The average molecular weight is 195 g/mol. The second kappa shape index (κ2) is 5.81. The fourth-order valence-electron chi connectivity index (χ4n) is 1.25. The Kier molecular flexibility index (Phi) is 4.66. The van der Waals surface area contributed by atoms with E-state index in [0.29, 0.717) is 12.0 Å². The van der Waals surface area contributed by atoms with Gasteiger partial charge < -0.3 is 9.88 Å². The van der Waals surface area contributed by atoms with Crippen molar-refractivity contribution >= 4 is 0 Å². The van der Waals surface area contributed by atoms with E-state index in [9.17, 15) is 0 Å². The Morgan fingerprint density at radius 1 is 1.36 bits per heavy atom. The quantitative estimate of drug-likeness (QED) is 0.703. The normalized spacial score (nSPS) is 13.4. The van der Waals surface area contributed by atoms with Crippen LogP contribution in [0, 0.1) is 5.92 Å². The summed E-state index contributed by atoms with van der Waals surface area (Å²) < 4.78 is 2.11. The molecule has 3 heteroatoms. The number of aromatic nitrogens is 2. The van der Waals surface area contributed by atoms with Crippen molar-refractivity contribution in [3.8, 4) is 0 Å². The third kappa shape index (κ3) is 3.92. The number of hydrogen-bond acceptors (Lipinski definition) is 2. The molecule has 0 fully saturated rings. The van der Waals surface area contributed by atoms with E-state index >= 15 is 0 Å². The molecule has 1 heterocycles. The smallest absolute Gasteiger partial charge is 0.0945 e. The van der Waals surface area contributed by atoms with E-state index in [0.717, 1.165) is 19.5 Å². The molecule has 0 saturated carbocycles. The lowest BCUT2D eigenvalue weighted by molar-refractivity contribution is 0.417. The van der Waals surface area contributed by atoms with E-state index in [2.05, 4.69) is 35.6 Å². The summed E-state index contributed by atoms with van der Waals surface area (Å²) in [5, 5.41) is 3.51. The second-order valence-electron chi connectivity index (χ2n) is 4.14. The van der Waals surface area contributed by atoms with E-state index in [1.54, 1.807) is 0 Å². The van der Waals surface area contributed by atoms with Gasteiger partial charge in [-0.2, -0.15) is 0 Å². The molecule has 1 aromatic heterocycles. The fourth-order valence-corrected chi connectivity index (χ4v) is 1.25. The van der Waals surface area contributed by atoms with E-state index in [1.165, 1.54) is 0 Å². The summed E-state index contributed by atoms with van der Waals surface area (Å²) in [6.45, 7) is 8.86. The van der Waals surface area contributed by atoms with Crippen LogP contribution in [0.25, 0.3) is 0 Å². The van der Waals surface area contributed by atoms with Crippen LogP contribution in [0.4, 0.5) is 0 Å². The largest absolute Gasteiger partial charge is 0.337 e. The molecule has 0 aliphatic carbocycles. The molecule has 14 heavy (non-hydrogen) atoms. The zero-order chi connectivity index (χ0) is 10.4. The van der Waals surface area contributed by atoms with Crippen LogP contribution in [-0.2, 0) is 6.54 Å². The van der Waals surface area contributed by atoms with Crippen molar-refractivity contribution in [1.29, 1.82) is 0 Å². The third-order valence-electron chi connectivity index (χ3n) is 2.62. The van der Waals surface area contributed by atoms with Crippen LogP contribution in [0.15, 0.2) is 18.7 Å². The highest BCUT2D eigenvalue weighted by Gasteiger charge is 2.04. The lowest BCUT2D eigenvalue weighted by atomic mass is 10.1. The van der Waals surface area contributed by atoms with Gasteiger partial charge in [0.1, 0.15) is 0 Å². The Morgan fingerprint density at radius 3 is 2.71 bits per heavy atom. The summed E-state index contributed by atoms with van der Waals surface area (Å²) >= 11 is 0. The molecule has 80 valence electrons. The molecule has 0 aliphatic rings. The molecule has 0 amide bonds. The van der Waals surface area contributed by atoms with Crippen LogP contribution in [0.5, 0.6) is 0 Å². The number of aryl methyl sites for hydroxylation is 1. The maximum Gasteiger partial charge on any atom is 0.0945 e.